The van der Waals surface area contributed by atoms with Crippen molar-refractivity contribution in [2.75, 3.05) is 13.7 Å². The minimum Gasteiger partial charge on any atom is -0.490 e. The summed E-state index contributed by atoms with van der Waals surface area (Å²) in [4.78, 5) is 10.7. The molecule has 5 nitrogen and oxygen atoms in total. The quantitative estimate of drug-likeness (QED) is 0.629. The molecule has 0 saturated carbocycles. The third-order valence-electron chi connectivity index (χ3n) is 2.71. The molecular weight excluding hydrogens is 220 g/mol. The smallest absolute Gasteiger partial charge is 0.314 e. The molecule has 2 N–H and O–H groups in total. The van der Waals surface area contributed by atoms with E-state index in [1.165, 1.54) is 7.11 Å². The van der Waals surface area contributed by atoms with Crippen molar-refractivity contribution >= 4 is 5.69 Å². The average molecular weight is 238 g/mol. The molecule has 1 rings (SSSR count). The van der Waals surface area contributed by atoms with Gasteiger partial charge in [0.1, 0.15) is 0 Å². The van der Waals surface area contributed by atoms with E-state index in [1.54, 1.807) is 18.2 Å². The summed E-state index contributed by atoms with van der Waals surface area (Å²) in [5, 5.41) is 11.1. The van der Waals surface area contributed by atoms with Gasteiger partial charge in [-0.2, -0.15) is 0 Å². The highest BCUT2D eigenvalue weighted by Crippen LogP contribution is 2.34. The molecule has 5 heteroatoms. The number of para-hydroxylation sites is 1. The maximum Gasteiger partial charge on any atom is 0.314 e. The second kappa shape index (κ2) is 5.14. The number of methoxy groups -OCH3 is 1. The molecule has 1 aromatic rings. The van der Waals surface area contributed by atoms with E-state index >= 15 is 0 Å². The van der Waals surface area contributed by atoms with Crippen LogP contribution in [0.5, 0.6) is 5.75 Å². The van der Waals surface area contributed by atoms with E-state index in [9.17, 15) is 10.1 Å². The van der Waals surface area contributed by atoms with Gasteiger partial charge in [-0.15, -0.1) is 0 Å². The largest absolute Gasteiger partial charge is 0.490 e. The number of rotatable bonds is 5. The lowest BCUT2D eigenvalue weighted by Gasteiger charge is -2.22. The molecule has 0 unspecified atom stereocenters. The number of ether oxygens (including phenoxy) is 1. The van der Waals surface area contributed by atoms with Gasteiger partial charge in [-0.25, -0.2) is 0 Å². The summed E-state index contributed by atoms with van der Waals surface area (Å²) in [6.07, 6.45) is 0.553. The Labute approximate surface area is 101 Å². The third kappa shape index (κ3) is 3.17. The van der Waals surface area contributed by atoms with Crippen LogP contribution in [0.25, 0.3) is 0 Å². The highest BCUT2D eigenvalue weighted by atomic mass is 16.6. The standard InChI is InChI=1S/C12H18N2O3/c1-12(2,8-13)7-9-5-4-6-10(17-3)11(9)14(15)16/h4-6H,7-8,13H2,1-3H3. The van der Waals surface area contributed by atoms with Crippen LogP contribution in [0.1, 0.15) is 19.4 Å². The summed E-state index contributed by atoms with van der Waals surface area (Å²) >= 11 is 0. The van der Waals surface area contributed by atoms with Crippen LogP contribution < -0.4 is 10.5 Å². The lowest BCUT2D eigenvalue weighted by atomic mass is 9.85. The molecule has 0 heterocycles. The summed E-state index contributed by atoms with van der Waals surface area (Å²) in [6.45, 7) is 4.44. The number of benzene rings is 1. The van der Waals surface area contributed by atoms with E-state index in [-0.39, 0.29) is 11.1 Å². The molecule has 0 radical (unpaired) electrons. The molecule has 0 atom stereocenters. The molecule has 0 aliphatic carbocycles. The summed E-state index contributed by atoms with van der Waals surface area (Å²) in [7, 11) is 1.43. The van der Waals surface area contributed by atoms with Crippen LogP contribution in [0.3, 0.4) is 0 Å². The topological polar surface area (TPSA) is 78.4 Å². The average Bonchev–Trinajstić information content (AvgIpc) is 2.27. The Hall–Kier alpha value is -1.62. The molecule has 94 valence electrons. The maximum absolute atomic E-state index is 11.1. The molecule has 0 fully saturated rings. The fourth-order valence-electron chi connectivity index (χ4n) is 1.67. The summed E-state index contributed by atoms with van der Waals surface area (Å²) in [6, 6.07) is 5.10. The minimum atomic E-state index is -0.402. The molecule has 17 heavy (non-hydrogen) atoms. The van der Waals surface area contributed by atoms with E-state index < -0.39 is 4.92 Å². The normalized spacial score (nSPS) is 11.3. The Kier molecular flexibility index (Phi) is 4.07. The number of nitrogens with two attached hydrogens (primary N) is 1. The molecular formula is C12H18N2O3. The van der Waals surface area contributed by atoms with Gasteiger partial charge >= 0.3 is 5.69 Å². The van der Waals surface area contributed by atoms with Gasteiger partial charge < -0.3 is 10.5 Å². The van der Waals surface area contributed by atoms with E-state index in [0.717, 1.165) is 0 Å². The van der Waals surface area contributed by atoms with Crippen molar-refractivity contribution in [1.82, 2.24) is 0 Å². The van der Waals surface area contributed by atoms with Crippen LogP contribution in [0.2, 0.25) is 0 Å². The van der Waals surface area contributed by atoms with Gasteiger partial charge in [0.05, 0.1) is 12.0 Å². The predicted molar refractivity (Wildman–Crippen MR) is 66.2 cm³/mol. The van der Waals surface area contributed by atoms with Crippen LogP contribution in [-0.4, -0.2) is 18.6 Å². The molecule has 0 bridgehead atoms. The molecule has 0 aliphatic heterocycles. The first kappa shape index (κ1) is 13.4. The molecule has 0 aromatic heterocycles. The van der Waals surface area contributed by atoms with Gasteiger partial charge in [-0.3, -0.25) is 10.1 Å². The summed E-state index contributed by atoms with van der Waals surface area (Å²) in [5.74, 6) is 0.292. The van der Waals surface area contributed by atoms with Crippen LogP contribution in [0, 0.1) is 15.5 Å². The first-order valence-corrected chi connectivity index (χ1v) is 5.41. The van der Waals surface area contributed by atoms with Gasteiger partial charge in [0.2, 0.25) is 0 Å². The molecule has 0 spiro atoms. The minimum absolute atomic E-state index is 0.0384. The maximum atomic E-state index is 11.1. The Morgan fingerprint density at radius 1 is 1.47 bits per heavy atom. The highest BCUT2D eigenvalue weighted by molar-refractivity contribution is 5.53. The molecule has 0 saturated heterocycles. The fraction of sp³-hybridized carbons (Fsp3) is 0.500. The van der Waals surface area contributed by atoms with Gasteiger partial charge in [-0.05, 0) is 24.4 Å². The van der Waals surface area contributed by atoms with Gasteiger partial charge in [0.15, 0.2) is 5.75 Å². The van der Waals surface area contributed by atoms with Crippen molar-refractivity contribution in [3.8, 4) is 5.75 Å². The summed E-state index contributed by atoms with van der Waals surface area (Å²) < 4.78 is 5.02. The number of hydrogen-bond donors (Lipinski definition) is 1. The number of hydrogen-bond acceptors (Lipinski definition) is 4. The van der Waals surface area contributed by atoms with Crippen molar-refractivity contribution < 1.29 is 9.66 Å². The number of nitro benzene ring substituents is 1. The lowest BCUT2D eigenvalue weighted by molar-refractivity contribution is -0.386. The zero-order valence-electron chi connectivity index (χ0n) is 10.4. The SMILES string of the molecule is COc1cccc(CC(C)(C)CN)c1[N+](=O)[O-]. The number of nitrogens with zero attached hydrogens (tertiary/aromatic N) is 1. The number of nitro groups is 1. The van der Waals surface area contributed by atoms with Crippen LogP contribution in [0.4, 0.5) is 5.69 Å². The Balaban J connectivity index is 3.19. The van der Waals surface area contributed by atoms with Crippen LogP contribution in [-0.2, 0) is 6.42 Å². The predicted octanol–water partition coefficient (Wildman–Crippen LogP) is 2.13. The molecule has 0 aliphatic rings. The second-order valence-corrected chi connectivity index (χ2v) is 4.77. The Morgan fingerprint density at radius 2 is 2.12 bits per heavy atom. The van der Waals surface area contributed by atoms with Gasteiger partial charge in [0, 0.05) is 5.56 Å². The van der Waals surface area contributed by atoms with E-state index in [0.29, 0.717) is 24.3 Å². The Morgan fingerprint density at radius 3 is 2.59 bits per heavy atom. The van der Waals surface area contributed by atoms with Crippen LogP contribution in [0.15, 0.2) is 18.2 Å². The van der Waals surface area contributed by atoms with Crippen molar-refractivity contribution in [1.29, 1.82) is 0 Å². The van der Waals surface area contributed by atoms with Crippen molar-refractivity contribution in [2.24, 2.45) is 11.1 Å². The first-order valence-electron chi connectivity index (χ1n) is 5.41. The molecule has 1 aromatic carbocycles. The van der Waals surface area contributed by atoms with E-state index in [2.05, 4.69) is 0 Å². The van der Waals surface area contributed by atoms with Crippen molar-refractivity contribution in [3.63, 3.8) is 0 Å². The Bertz CT molecular complexity index is 416. The second-order valence-electron chi connectivity index (χ2n) is 4.77. The zero-order valence-corrected chi connectivity index (χ0v) is 10.4. The van der Waals surface area contributed by atoms with Crippen molar-refractivity contribution in [2.45, 2.75) is 20.3 Å². The van der Waals surface area contributed by atoms with E-state index in [1.807, 2.05) is 13.8 Å². The highest BCUT2D eigenvalue weighted by Gasteiger charge is 2.25. The first-order chi connectivity index (χ1) is 7.91. The zero-order chi connectivity index (χ0) is 13.1. The monoisotopic (exact) mass is 238 g/mol. The van der Waals surface area contributed by atoms with Gasteiger partial charge in [-0.1, -0.05) is 26.0 Å². The fourth-order valence-corrected chi connectivity index (χ4v) is 1.67. The molecule has 0 amide bonds. The van der Waals surface area contributed by atoms with E-state index in [4.69, 9.17) is 10.5 Å². The van der Waals surface area contributed by atoms with Crippen molar-refractivity contribution in [3.05, 3.63) is 33.9 Å². The third-order valence-corrected chi connectivity index (χ3v) is 2.71. The summed E-state index contributed by atoms with van der Waals surface area (Å²) in [5.41, 5.74) is 6.18. The lowest BCUT2D eigenvalue weighted by Crippen LogP contribution is -2.26. The van der Waals surface area contributed by atoms with Crippen LogP contribution >= 0.6 is 0 Å². The van der Waals surface area contributed by atoms with Gasteiger partial charge in [0.25, 0.3) is 0 Å².